The lowest BCUT2D eigenvalue weighted by Gasteiger charge is -2.33. The van der Waals surface area contributed by atoms with E-state index in [1.165, 1.54) is 31.2 Å². The van der Waals surface area contributed by atoms with Gasteiger partial charge in [-0.15, -0.1) is 16.9 Å². The second-order valence-corrected chi connectivity index (χ2v) is 9.60. The summed E-state index contributed by atoms with van der Waals surface area (Å²) in [5, 5.41) is 16.9. The molecule has 1 aliphatic heterocycles. The van der Waals surface area contributed by atoms with Gasteiger partial charge in [-0.25, -0.2) is 0 Å². The predicted molar refractivity (Wildman–Crippen MR) is 124 cm³/mol. The van der Waals surface area contributed by atoms with Crippen molar-refractivity contribution in [2.75, 3.05) is 12.4 Å². The van der Waals surface area contributed by atoms with Gasteiger partial charge in [-0.05, 0) is 54.2 Å². The first-order valence-electron chi connectivity index (χ1n) is 10.9. The lowest BCUT2D eigenvalue weighted by molar-refractivity contribution is -0.136. The number of nitrogens with zero attached hydrogens (tertiary/aromatic N) is 2. The van der Waals surface area contributed by atoms with Gasteiger partial charge in [0.2, 0.25) is 0 Å². The maximum Gasteiger partial charge on any atom is 0.309 e. The fourth-order valence-electron chi connectivity index (χ4n) is 3.50. The summed E-state index contributed by atoms with van der Waals surface area (Å²) in [6, 6.07) is 7.70. The molecule has 0 saturated carbocycles. The Bertz CT molecular complexity index is 975. The fraction of sp³-hybridized carbons (Fsp3) is 0.480. The Labute approximate surface area is 189 Å². The van der Waals surface area contributed by atoms with Crippen molar-refractivity contribution in [3.8, 4) is 17.6 Å². The van der Waals surface area contributed by atoms with Crippen molar-refractivity contribution in [2.24, 2.45) is 0 Å². The number of carbonyl (C=O) groups is 1. The van der Waals surface area contributed by atoms with E-state index in [0.717, 1.165) is 35.0 Å². The van der Waals surface area contributed by atoms with Crippen LogP contribution in [0.15, 0.2) is 29.2 Å². The van der Waals surface area contributed by atoms with Crippen molar-refractivity contribution in [3.05, 3.63) is 46.8 Å². The topological polar surface area (TPSA) is 72.3 Å². The van der Waals surface area contributed by atoms with E-state index >= 15 is 0 Å². The first-order chi connectivity index (χ1) is 14.9. The van der Waals surface area contributed by atoms with Gasteiger partial charge < -0.3 is 9.84 Å². The molecule has 0 unspecified atom stereocenters. The summed E-state index contributed by atoms with van der Waals surface area (Å²) < 4.78 is 5.98. The van der Waals surface area contributed by atoms with Gasteiger partial charge in [0.1, 0.15) is 11.4 Å². The molecular weight excluding hydrogens is 408 g/mol. The Balaban J connectivity index is 1.86. The van der Waals surface area contributed by atoms with E-state index < -0.39 is 5.97 Å². The molecule has 0 aliphatic carbocycles. The molecule has 0 radical (unpaired) electrons. The summed E-state index contributed by atoms with van der Waals surface area (Å²) in [4.78, 5) is 11.9. The molecule has 0 fully saturated rings. The number of ether oxygens (including phenoxy) is 1. The number of aromatic nitrogens is 2. The van der Waals surface area contributed by atoms with E-state index in [-0.39, 0.29) is 11.8 Å². The molecule has 6 heteroatoms. The maximum atomic E-state index is 10.8. The summed E-state index contributed by atoms with van der Waals surface area (Å²) >= 11 is 1.83. The van der Waals surface area contributed by atoms with Crippen LogP contribution in [0.3, 0.4) is 0 Å². The maximum absolute atomic E-state index is 10.8. The molecule has 0 spiro atoms. The Morgan fingerprint density at radius 2 is 2.03 bits per heavy atom. The second kappa shape index (κ2) is 10.7. The average Bonchev–Trinajstić information content (AvgIpc) is 2.72. The van der Waals surface area contributed by atoms with Crippen molar-refractivity contribution in [3.63, 3.8) is 0 Å². The van der Waals surface area contributed by atoms with Crippen molar-refractivity contribution < 1.29 is 14.6 Å². The number of thioether (sulfide) groups is 1. The lowest BCUT2D eigenvalue weighted by atomic mass is 9.79. The number of hydrogen-bond donors (Lipinski definition) is 1. The molecule has 1 N–H and O–H groups in total. The monoisotopic (exact) mass is 438 g/mol. The van der Waals surface area contributed by atoms with E-state index in [1.54, 1.807) is 12.1 Å². The number of benzene rings is 1. The van der Waals surface area contributed by atoms with Gasteiger partial charge in [-0.2, -0.15) is 5.10 Å². The van der Waals surface area contributed by atoms with Crippen LogP contribution < -0.4 is 4.74 Å². The number of fused-ring (bicyclic) bond motifs is 1. The number of unbranched alkanes of at least 4 members (excludes halogenated alkanes) is 3. The molecule has 1 aromatic carbocycles. The van der Waals surface area contributed by atoms with Crippen LogP contribution >= 0.6 is 11.8 Å². The minimum atomic E-state index is -0.923. The standard InChI is InChI=1S/C25H30N2O3S/c1-4-5-6-7-14-31-23-17-22-21(25(2,3)12-13-30-22)15-18(23)8-9-19-10-11-20(27-26-19)16-24(28)29/h10-11,15,17H,4-7,12-14,16H2,1-3H3,(H,28,29). The van der Waals surface area contributed by atoms with Gasteiger partial charge in [0.15, 0.2) is 0 Å². The molecule has 0 amide bonds. The molecule has 3 rings (SSSR count). The molecule has 1 aromatic heterocycles. The summed E-state index contributed by atoms with van der Waals surface area (Å²) in [5.41, 5.74) is 3.18. The number of carboxylic acids is 1. The lowest BCUT2D eigenvalue weighted by Crippen LogP contribution is -2.26. The second-order valence-electron chi connectivity index (χ2n) is 8.47. The van der Waals surface area contributed by atoms with Crippen LogP contribution in [0.5, 0.6) is 5.75 Å². The van der Waals surface area contributed by atoms with Gasteiger partial charge in [-0.1, -0.05) is 46.0 Å². The van der Waals surface area contributed by atoms with Crippen LogP contribution in [0.25, 0.3) is 0 Å². The molecule has 31 heavy (non-hydrogen) atoms. The van der Waals surface area contributed by atoms with Crippen LogP contribution in [0.4, 0.5) is 0 Å². The van der Waals surface area contributed by atoms with Crippen molar-refractivity contribution >= 4 is 17.7 Å². The Hall–Kier alpha value is -2.52. The smallest absolute Gasteiger partial charge is 0.309 e. The molecule has 0 bridgehead atoms. The van der Waals surface area contributed by atoms with E-state index in [1.807, 2.05) is 11.8 Å². The highest BCUT2D eigenvalue weighted by molar-refractivity contribution is 7.99. The Morgan fingerprint density at radius 3 is 2.74 bits per heavy atom. The highest BCUT2D eigenvalue weighted by Gasteiger charge is 2.29. The molecule has 164 valence electrons. The van der Waals surface area contributed by atoms with Gasteiger partial charge in [-0.3, -0.25) is 4.79 Å². The van der Waals surface area contributed by atoms with E-state index in [9.17, 15) is 4.79 Å². The van der Waals surface area contributed by atoms with Crippen LogP contribution in [0.1, 0.15) is 75.4 Å². The van der Waals surface area contributed by atoms with Gasteiger partial charge in [0, 0.05) is 16.0 Å². The van der Waals surface area contributed by atoms with E-state index in [0.29, 0.717) is 11.4 Å². The van der Waals surface area contributed by atoms with Crippen LogP contribution in [0, 0.1) is 11.8 Å². The average molecular weight is 439 g/mol. The third-order valence-electron chi connectivity index (χ3n) is 5.43. The number of carboxylic acid groups (broad SMARTS) is 1. The molecule has 0 saturated heterocycles. The number of rotatable bonds is 8. The minimum absolute atomic E-state index is 0.0482. The molecule has 0 atom stereocenters. The highest BCUT2D eigenvalue weighted by Crippen LogP contribution is 2.41. The fourth-order valence-corrected chi connectivity index (χ4v) is 4.52. The zero-order valence-electron chi connectivity index (χ0n) is 18.5. The SMILES string of the molecule is CCCCCCSc1cc2c(cc1C#Cc1ccc(CC(=O)O)nn1)C(C)(C)CCO2. The van der Waals surface area contributed by atoms with Crippen molar-refractivity contribution in [1.29, 1.82) is 0 Å². The van der Waals surface area contributed by atoms with Crippen molar-refractivity contribution in [1.82, 2.24) is 10.2 Å². The number of aliphatic carboxylic acids is 1. The van der Waals surface area contributed by atoms with E-state index in [2.05, 4.69) is 54.9 Å². The Morgan fingerprint density at radius 1 is 1.19 bits per heavy atom. The first kappa shape index (κ1) is 23.1. The molecule has 2 heterocycles. The zero-order valence-corrected chi connectivity index (χ0v) is 19.3. The summed E-state index contributed by atoms with van der Waals surface area (Å²) in [7, 11) is 0. The Kier molecular flexibility index (Phi) is 7.97. The van der Waals surface area contributed by atoms with Gasteiger partial charge in [0.25, 0.3) is 0 Å². The highest BCUT2D eigenvalue weighted by atomic mass is 32.2. The molecule has 2 aromatic rings. The normalized spacial score (nSPS) is 14.2. The predicted octanol–water partition coefficient (Wildman–Crippen LogP) is 5.24. The number of hydrogen-bond acceptors (Lipinski definition) is 5. The third kappa shape index (κ3) is 6.48. The largest absolute Gasteiger partial charge is 0.493 e. The van der Waals surface area contributed by atoms with Gasteiger partial charge in [0.05, 0.1) is 18.7 Å². The minimum Gasteiger partial charge on any atom is -0.493 e. The van der Waals surface area contributed by atoms with Crippen LogP contribution in [-0.2, 0) is 16.6 Å². The molecule has 5 nitrogen and oxygen atoms in total. The van der Waals surface area contributed by atoms with Crippen molar-refractivity contribution in [2.45, 2.75) is 69.6 Å². The molecular formula is C25H30N2O3S. The van der Waals surface area contributed by atoms with Gasteiger partial charge >= 0.3 is 5.97 Å². The van der Waals surface area contributed by atoms with E-state index in [4.69, 9.17) is 9.84 Å². The summed E-state index contributed by atoms with van der Waals surface area (Å²) in [6.07, 6.45) is 5.77. The first-order valence-corrected chi connectivity index (χ1v) is 11.9. The zero-order chi connectivity index (χ0) is 22.3. The third-order valence-corrected chi connectivity index (χ3v) is 6.57. The molecule has 1 aliphatic rings. The van der Waals surface area contributed by atoms with Crippen LogP contribution in [0.2, 0.25) is 0 Å². The van der Waals surface area contributed by atoms with Crippen LogP contribution in [-0.4, -0.2) is 33.6 Å². The quantitative estimate of drug-likeness (QED) is 0.345. The summed E-state index contributed by atoms with van der Waals surface area (Å²) in [6.45, 7) is 7.45. The summed E-state index contributed by atoms with van der Waals surface area (Å²) in [5.74, 6) is 7.49.